The standard InChI is InChI=1S/C23H24N2O3/c1-13-16-4-3-11-28-20(16)8-7-17(13)22-18-9-10-25(15-5-6-15)23(18)24-14(2)19(22)12-21(26)27/h7-10,15H,3-6,11-12H2,1-2H3,(H,26,27). The van der Waals surface area contributed by atoms with Gasteiger partial charge in [0.15, 0.2) is 0 Å². The van der Waals surface area contributed by atoms with Gasteiger partial charge < -0.3 is 14.4 Å². The molecule has 1 aromatic carbocycles. The molecule has 1 saturated carbocycles. The number of pyridine rings is 1. The second-order valence-corrected chi connectivity index (χ2v) is 7.98. The Bertz CT molecular complexity index is 1110. The van der Waals surface area contributed by atoms with E-state index in [2.05, 4.69) is 29.8 Å². The van der Waals surface area contributed by atoms with E-state index < -0.39 is 5.97 Å². The van der Waals surface area contributed by atoms with Gasteiger partial charge >= 0.3 is 5.97 Å². The predicted molar refractivity (Wildman–Crippen MR) is 108 cm³/mol. The van der Waals surface area contributed by atoms with E-state index in [9.17, 15) is 9.90 Å². The van der Waals surface area contributed by atoms with Crippen LogP contribution in [0.2, 0.25) is 0 Å². The largest absolute Gasteiger partial charge is 0.493 e. The average Bonchev–Trinajstić information content (AvgIpc) is 3.44. The molecule has 28 heavy (non-hydrogen) atoms. The molecule has 1 aliphatic heterocycles. The van der Waals surface area contributed by atoms with Gasteiger partial charge in [0.25, 0.3) is 0 Å². The van der Waals surface area contributed by atoms with Crippen LogP contribution in [0.15, 0.2) is 24.4 Å². The van der Waals surface area contributed by atoms with E-state index in [1.165, 1.54) is 24.0 Å². The van der Waals surface area contributed by atoms with Crippen molar-refractivity contribution < 1.29 is 14.6 Å². The summed E-state index contributed by atoms with van der Waals surface area (Å²) < 4.78 is 8.09. The van der Waals surface area contributed by atoms with E-state index in [0.717, 1.165) is 58.6 Å². The molecule has 2 aliphatic rings. The lowest BCUT2D eigenvalue weighted by Crippen LogP contribution is -2.11. The predicted octanol–water partition coefficient (Wildman–Crippen LogP) is 4.61. The van der Waals surface area contributed by atoms with Crippen LogP contribution in [0.5, 0.6) is 5.75 Å². The smallest absolute Gasteiger partial charge is 0.307 e. The van der Waals surface area contributed by atoms with E-state index in [1.54, 1.807) is 0 Å². The Labute approximate surface area is 164 Å². The first-order valence-corrected chi connectivity index (χ1v) is 10.0. The van der Waals surface area contributed by atoms with E-state index in [1.807, 2.05) is 13.0 Å². The van der Waals surface area contributed by atoms with Crippen molar-refractivity contribution in [3.8, 4) is 16.9 Å². The van der Waals surface area contributed by atoms with Crippen molar-refractivity contribution in [3.63, 3.8) is 0 Å². The molecule has 1 aliphatic carbocycles. The molecule has 144 valence electrons. The van der Waals surface area contributed by atoms with Crippen LogP contribution in [-0.4, -0.2) is 27.2 Å². The summed E-state index contributed by atoms with van der Waals surface area (Å²) in [7, 11) is 0. The van der Waals surface area contributed by atoms with Gasteiger partial charge in [-0.1, -0.05) is 6.07 Å². The maximum Gasteiger partial charge on any atom is 0.307 e. The highest BCUT2D eigenvalue weighted by Crippen LogP contribution is 2.43. The van der Waals surface area contributed by atoms with Gasteiger partial charge in [0, 0.05) is 23.3 Å². The quantitative estimate of drug-likeness (QED) is 0.722. The second-order valence-electron chi connectivity index (χ2n) is 7.98. The third kappa shape index (κ3) is 2.68. The van der Waals surface area contributed by atoms with E-state index in [-0.39, 0.29) is 6.42 Å². The molecule has 1 fully saturated rings. The van der Waals surface area contributed by atoms with Crippen LogP contribution in [0.4, 0.5) is 0 Å². The number of aliphatic carboxylic acids is 1. The summed E-state index contributed by atoms with van der Waals surface area (Å²) in [5.74, 6) is 0.135. The third-order valence-corrected chi connectivity index (χ3v) is 6.09. The zero-order valence-corrected chi connectivity index (χ0v) is 16.3. The number of carboxylic acids is 1. The minimum Gasteiger partial charge on any atom is -0.493 e. The molecule has 5 heteroatoms. The molecular formula is C23H24N2O3. The summed E-state index contributed by atoms with van der Waals surface area (Å²) in [4.78, 5) is 16.5. The number of aromatic nitrogens is 2. The van der Waals surface area contributed by atoms with Gasteiger partial charge in [-0.15, -0.1) is 0 Å². The fourth-order valence-corrected chi connectivity index (χ4v) is 4.52. The minimum atomic E-state index is -0.828. The highest BCUT2D eigenvalue weighted by Gasteiger charge is 2.28. The van der Waals surface area contributed by atoms with Gasteiger partial charge in [0.05, 0.1) is 13.0 Å². The lowest BCUT2D eigenvalue weighted by atomic mass is 9.88. The number of ether oxygens (including phenoxy) is 1. The number of hydrogen-bond acceptors (Lipinski definition) is 3. The topological polar surface area (TPSA) is 64.4 Å². The van der Waals surface area contributed by atoms with Crippen molar-refractivity contribution in [2.24, 2.45) is 0 Å². The maximum atomic E-state index is 11.6. The van der Waals surface area contributed by atoms with Crippen molar-refractivity contribution in [2.45, 2.75) is 52.0 Å². The molecule has 0 saturated heterocycles. The van der Waals surface area contributed by atoms with Crippen LogP contribution in [0, 0.1) is 13.8 Å². The summed E-state index contributed by atoms with van der Waals surface area (Å²) in [5.41, 5.74) is 7.15. The molecule has 0 unspecified atom stereocenters. The van der Waals surface area contributed by atoms with Gasteiger partial charge in [0.1, 0.15) is 11.4 Å². The van der Waals surface area contributed by atoms with Gasteiger partial charge in [-0.25, -0.2) is 4.98 Å². The highest BCUT2D eigenvalue weighted by atomic mass is 16.5. The van der Waals surface area contributed by atoms with Gasteiger partial charge in [0.2, 0.25) is 0 Å². The molecular weight excluding hydrogens is 352 g/mol. The van der Waals surface area contributed by atoms with E-state index >= 15 is 0 Å². The average molecular weight is 376 g/mol. The molecule has 0 bridgehead atoms. The molecule has 3 aromatic rings. The lowest BCUT2D eigenvalue weighted by Gasteiger charge is -2.23. The van der Waals surface area contributed by atoms with Crippen LogP contribution < -0.4 is 4.74 Å². The molecule has 5 rings (SSSR count). The molecule has 0 spiro atoms. The van der Waals surface area contributed by atoms with Crippen LogP contribution in [0.1, 0.15) is 47.7 Å². The van der Waals surface area contributed by atoms with Crippen LogP contribution in [-0.2, 0) is 17.6 Å². The van der Waals surface area contributed by atoms with Gasteiger partial charge in [-0.2, -0.15) is 0 Å². The normalized spacial score (nSPS) is 16.1. The first-order valence-electron chi connectivity index (χ1n) is 10.0. The van der Waals surface area contributed by atoms with Crippen molar-refractivity contribution in [2.75, 3.05) is 6.61 Å². The summed E-state index contributed by atoms with van der Waals surface area (Å²) >= 11 is 0. The summed E-state index contributed by atoms with van der Waals surface area (Å²) in [6.45, 7) is 4.83. The van der Waals surface area contributed by atoms with Crippen LogP contribution >= 0.6 is 0 Å². The van der Waals surface area contributed by atoms with Crippen molar-refractivity contribution in [1.82, 2.24) is 9.55 Å². The van der Waals surface area contributed by atoms with Crippen molar-refractivity contribution in [1.29, 1.82) is 0 Å². The number of carboxylic acid groups (broad SMARTS) is 1. The van der Waals surface area contributed by atoms with E-state index in [4.69, 9.17) is 9.72 Å². The zero-order chi connectivity index (χ0) is 19.4. The first-order chi connectivity index (χ1) is 13.5. The Hall–Kier alpha value is -2.82. The molecule has 0 radical (unpaired) electrons. The Morgan fingerprint density at radius 2 is 2.11 bits per heavy atom. The fraction of sp³-hybridized carbons (Fsp3) is 0.391. The van der Waals surface area contributed by atoms with Gasteiger partial charge in [-0.3, -0.25) is 4.79 Å². The van der Waals surface area contributed by atoms with Crippen LogP contribution in [0.25, 0.3) is 22.2 Å². The Balaban J connectivity index is 1.81. The number of fused-ring (bicyclic) bond motifs is 2. The summed E-state index contributed by atoms with van der Waals surface area (Å²) in [5, 5.41) is 10.6. The summed E-state index contributed by atoms with van der Waals surface area (Å²) in [6.07, 6.45) is 6.48. The maximum absolute atomic E-state index is 11.6. The SMILES string of the molecule is Cc1nc2c(ccn2C2CC2)c(-c2ccc3c(c2C)CCCO3)c1CC(=O)O. The molecule has 3 heterocycles. The minimum absolute atomic E-state index is 0.0221. The first kappa shape index (κ1) is 17.3. The number of carbonyl (C=O) groups is 1. The Morgan fingerprint density at radius 3 is 2.86 bits per heavy atom. The van der Waals surface area contributed by atoms with Crippen molar-refractivity contribution >= 4 is 17.0 Å². The number of rotatable bonds is 4. The molecule has 0 amide bonds. The second kappa shape index (κ2) is 6.36. The van der Waals surface area contributed by atoms with E-state index in [0.29, 0.717) is 6.04 Å². The molecule has 2 aromatic heterocycles. The third-order valence-electron chi connectivity index (χ3n) is 6.09. The molecule has 5 nitrogen and oxygen atoms in total. The van der Waals surface area contributed by atoms with Crippen LogP contribution in [0.3, 0.4) is 0 Å². The Kier molecular flexibility index (Phi) is 3.93. The number of nitrogens with zero attached hydrogens (tertiary/aromatic N) is 2. The Morgan fingerprint density at radius 1 is 1.29 bits per heavy atom. The fourth-order valence-electron chi connectivity index (χ4n) is 4.52. The van der Waals surface area contributed by atoms with Gasteiger partial charge in [-0.05, 0) is 79.5 Å². The van der Waals surface area contributed by atoms with Crippen molar-refractivity contribution in [3.05, 3.63) is 46.8 Å². The highest BCUT2D eigenvalue weighted by molar-refractivity contribution is 5.98. The number of hydrogen-bond donors (Lipinski definition) is 1. The number of benzene rings is 1. The molecule has 0 atom stereocenters. The monoisotopic (exact) mass is 376 g/mol. The zero-order valence-electron chi connectivity index (χ0n) is 16.3. The lowest BCUT2D eigenvalue weighted by molar-refractivity contribution is -0.136. The number of aryl methyl sites for hydroxylation is 1. The summed E-state index contributed by atoms with van der Waals surface area (Å²) in [6, 6.07) is 6.77. The molecule has 1 N–H and O–H groups in total.